The average Bonchev–Trinajstić information content (AvgIpc) is 3.29. The number of nitrogens with zero attached hydrogens (tertiary/aromatic N) is 5. The third kappa shape index (κ3) is 4.89. The molecule has 0 bridgehead atoms. The molecule has 5 rings (SSSR count). The van der Waals surface area contributed by atoms with Crippen LogP contribution in [-0.2, 0) is 15.6 Å². The second-order valence-electron chi connectivity index (χ2n) is 8.49. The number of rotatable bonds is 5. The topological polar surface area (TPSA) is 124 Å². The van der Waals surface area contributed by atoms with Crippen molar-refractivity contribution in [2.75, 3.05) is 37.6 Å². The number of piperazine rings is 1. The molecular formula is C25H30N6O4S. The van der Waals surface area contributed by atoms with Gasteiger partial charge in [-0.05, 0) is 43.7 Å². The number of aryl methyl sites for hydroxylation is 2. The largest absolute Gasteiger partial charge is 0.480 e. The monoisotopic (exact) mass is 510 g/mol. The lowest BCUT2D eigenvalue weighted by molar-refractivity contribution is -0.138. The molecule has 1 fully saturated rings. The quantitative estimate of drug-likeness (QED) is 0.420. The predicted octanol–water partition coefficient (Wildman–Crippen LogP) is 2.59. The van der Waals surface area contributed by atoms with Gasteiger partial charge in [0, 0.05) is 36.8 Å². The molecule has 190 valence electrons. The highest BCUT2D eigenvalue weighted by atomic mass is 32.2. The van der Waals surface area contributed by atoms with Gasteiger partial charge in [-0.1, -0.05) is 31.5 Å². The number of benzene rings is 2. The summed E-state index contributed by atoms with van der Waals surface area (Å²) < 4.78 is 14.9. The van der Waals surface area contributed by atoms with Crippen molar-refractivity contribution in [3.8, 4) is 0 Å². The first kappa shape index (κ1) is 25.5. The minimum absolute atomic E-state index is 0.0295. The summed E-state index contributed by atoms with van der Waals surface area (Å²) in [4.78, 5) is 32.6. The van der Waals surface area contributed by atoms with Crippen molar-refractivity contribution >= 4 is 39.0 Å². The molecule has 0 amide bonds. The van der Waals surface area contributed by atoms with Gasteiger partial charge in [0.2, 0.25) is 0 Å². The van der Waals surface area contributed by atoms with Crippen molar-refractivity contribution < 1.29 is 14.1 Å². The van der Waals surface area contributed by atoms with Crippen molar-refractivity contribution in [1.29, 1.82) is 0 Å². The zero-order valence-electron chi connectivity index (χ0n) is 20.8. The van der Waals surface area contributed by atoms with Crippen LogP contribution < -0.4 is 10.5 Å². The Morgan fingerprint density at radius 2 is 1.81 bits per heavy atom. The van der Waals surface area contributed by atoms with Crippen LogP contribution in [0.25, 0.3) is 16.6 Å². The SMILES string of the molecule is CC.Cc1ccc(S(=O)c2n[nH]n3c2nc(=O)c2ccc(N4CCN(CC(=O)O)CC4)cc23)c(C)c1. The fraction of sp³-hybridized carbons (Fsp3) is 0.360. The van der Waals surface area contributed by atoms with Crippen molar-refractivity contribution in [2.24, 2.45) is 0 Å². The number of fused-ring (bicyclic) bond motifs is 3. The summed E-state index contributed by atoms with van der Waals surface area (Å²) in [5.41, 5.74) is 3.28. The van der Waals surface area contributed by atoms with Gasteiger partial charge in [0.1, 0.15) is 10.8 Å². The zero-order chi connectivity index (χ0) is 26.0. The van der Waals surface area contributed by atoms with Crippen LogP contribution in [0.1, 0.15) is 25.0 Å². The summed E-state index contributed by atoms with van der Waals surface area (Å²) in [6, 6.07) is 11.2. The van der Waals surface area contributed by atoms with Gasteiger partial charge in [-0.2, -0.15) is 4.98 Å². The molecule has 1 aliphatic heterocycles. The normalized spacial score (nSPS) is 15.1. The summed E-state index contributed by atoms with van der Waals surface area (Å²) in [6.45, 7) is 10.5. The Morgan fingerprint density at radius 1 is 1.08 bits per heavy atom. The van der Waals surface area contributed by atoms with E-state index in [-0.39, 0.29) is 17.2 Å². The van der Waals surface area contributed by atoms with E-state index in [2.05, 4.69) is 20.2 Å². The molecule has 2 aromatic carbocycles. The second kappa shape index (κ2) is 10.6. The molecule has 1 unspecified atom stereocenters. The van der Waals surface area contributed by atoms with Gasteiger partial charge in [-0.15, -0.1) is 5.10 Å². The number of hydrogen-bond donors (Lipinski definition) is 2. The molecule has 3 heterocycles. The highest BCUT2D eigenvalue weighted by Crippen LogP contribution is 2.25. The Hall–Kier alpha value is -3.57. The molecule has 36 heavy (non-hydrogen) atoms. The summed E-state index contributed by atoms with van der Waals surface area (Å²) >= 11 is 0. The van der Waals surface area contributed by atoms with Gasteiger partial charge in [-0.25, -0.2) is 13.9 Å². The molecule has 0 saturated carbocycles. The van der Waals surface area contributed by atoms with Gasteiger partial charge in [0.25, 0.3) is 5.56 Å². The van der Waals surface area contributed by atoms with Crippen molar-refractivity contribution in [3.05, 3.63) is 57.9 Å². The fourth-order valence-corrected chi connectivity index (χ4v) is 5.56. The molecule has 2 aromatic heterocycles. The average molecular weight is 511 g/mol. The van der Waals surface area contributed by atoms with Crippen LogP contribution >= 0.6 is 0 Å². The number of nitrogens with one attached hydrogen (secondary N) is 1. The smallest absolute Gasteiger partial charge is 0.317 e. The fourth-order valence-electron chi connectivity index (χ4n) is 4.38. The molecule has 0 radical (unpaired) electrons. The third-order valence-corrected chi connectivity index (χ3v) is 7.60. The van der Waals surface area contributed by atoms with Crippen molar-refractivity contribution in [1.82, 2.24) is 24.7 Å². The van der Waals surface area contributed by atoms with E-state index in [1.165, 1.54) is 0 Å². The Labute approximate surface area is 211 Å². The van der Waals surface area contributed by atoms with Crippen LogP contribution in [0.3, 0.4) is 0 Å². The van der Waals surface area contributed by atoms with E-state index in [0.717, 1.165) is 16.8 Å². The third-order valence-electron chi connectivity index (χ3n) is 6.12. The molecule has 10 nitrogen and oxygen atoms in total. The maximum absolute atomic E-state index is 13.3. The van der Waals surface area contributed by atoms with Crippen LogP contribution in [0.4, 0.5) is 5.69 Å². The molecule has 4 aromatic rings. The molecule has 0 aliphatic carbocycles. The number of carbonyl (C=O) groups is 1. The number of aliphatic carboxylic acids is 1. The van der Waals surface area contributed by atoms with Gasteiger partial charge < -0.3 is 10.0 Å². The maximum atomic E-state index is 13.3. The first-order valence-corrected chi connectivity index (χ1v) is 13.1. The molecule has 1 aliphatic rings. The van der Waals surface area contributed by atoms with E-state index in [1.807, 2.05) is 62.9 Å². The number of aromatic amines is 1. The van der Waals surface area contributed by atoms with E-state index in [9.17, 15) is 13.8 Å². The molecule has 1 atom stereocenters. The standard InChI is InChI=1S/C23H24N6O4S.C2H6/c1-14-3-6-19(15(2)11-14)34(33)23-21-24-22(32)17-5-4-16(12-18(17)29(21)26-25-23)28-9-7-27(8-10-28)13-20(30)31;1-2/h3-6,11-12,26H,7-10,13H2,1-2H3,(H,30,31);1-2H3. The molecule has 1 saturated heterocycles. The van der Waals surface area contributed by atoms with Gasteiger partial charge in [0.15, 0.2) is 10.7 Å². The summed E-state index contributed by atoms with van der Waals surface area (Å²) in [6.07, 6.45) is 0. The minimum atomic E-state index is -1.61. The lowest BCUT2D eigenvalue weighted by Gasteiger charge is -2.35. The van der Waals surface area contributed by atoms with E-state index in [0.29, 0.717) is 42.0 Å². The predicted molar refractivity (Wildman–Crippen MR) is 139 cm³/mol. The molecule has 0 spiro atoms. The van der Waals surface area contributed by atoms with Crippen LogP contribution in [0.5, 0.6) is 0 Å². The highest BCUT2D eigenvalue weighted by Gasteiger charge is 2.22. The molecule has 2 N–H and O–H groups in total. The second-order valence-corrected chi connectivity index (χ2v) is 9.85. The highest BCUT2D eigenvalue weighted by molar-refractivity contribution is 7.85. The number of carboxylic acid groups (broad SMARTS) is 1. The minimum Gasteiger partial charge on any atom is -0.480 e. The Balaban J connectivity index is 0.00000148. The number of H-pyrrole nitrogens is 1. The number of aromatic nitrogens is 4. The summed E-state index contributed by atoms with van der Waals surface area (Å²) in [7, 11) is -1.61. The number of anilines is 1. The number of carboxylic acids is 1. The Morgan fingerprint density at radius 3 is 2.47 bits per heavy atom. The lowest BCUT2D eigenvalue weighted by Crippen LogP contribution is -2.48. The maximum Gasteiger partial charge on any atom is 0.317 e. The van der Waals surface area contributed by atoms with Crippen molar-refractivity contribution in [2.45, 2.75) is 37.6 Å². The van der Waals surface area contributed by atoms with Gasteiger partial charge >= 0.3 is 5.97 Å². The zero-order valence-corrected chi connectivity index (χ0v) is 21.6. The Kier molecular flexibility index (Phi) is 7.51. The van der Waals surface area contributed by atoms with E-state index >= 15 is 0 Å². The molecular weight excluding hydrogens is 480 g/mol. The van der Waals surface area contributed by atoms with Gasteiger partial charge in [-0.3, -0.25) is 14.5 Å². The van der Waals surface area contributed by atoms with E-state index in [4.69, 9.17) is 5.11 Å². The first-order valence-electron chi connectivity index (χ1n) is 11.9. The van der Waals surface area contributed by atoms with Crippen LogP contribution in [0.2, 0.25) is 0 Å². The molecule has 11 heteroatoms. The van der Waals surface area contributed by atoms with Crippen LogP contribution in [0.15, 0.2) is 51.1 Å². The first-order chi connectivity index (χ1) is 17.3. The Bertz CT molecular complexity index is 1500. The van der Waals surface area contributed by atoms with Crippen LogP contribution in [0, 0.1) is 13.8 Å². The number of hydrogen-bond acceptors (Lipinski definition) is 7. The van der Waals surface area contributed by atoms with E-state index in [1.54, 1.807) is 10.6 Å². The summed E-state index contributed by atoms with van der Waals surface area (Å²) in [5.74, 6) is -0.832. The van der Waals surface area contributed by atoms with Crippen LogP contribution in [-0.4, -0.2) is 72.7 Å². The lowest BCUT2D eigenvalue weighted by atomic mass is 10.2. The van der Waals surface area contributed by atoms with E-state index < -0.39 is 22.3 Å². The summed E-state index contributed by atoms with van der Waals surface area (Å²) in [5, 5.41) is 16.8. The van der Waals surface area contributed by atoms with Crippen molar-refractivity contribution in [3.63, 3.8) is 0 Å². The van der Waals surface area contributed by atoms with Gasteiger partial charge in [0.05, 0.1) is 17.4 Å².